The minimum atomic E-state index is -0.170. The van der Waals surface area contributed by atoms with Crippen LogP contribution in [0.1, 0.15) is 65.2 Å². The Labute approximate surface area is 112 Å². The normalized spacial score (nSPS) is 11.4. The molecular weight excluding hydrogens is 224 g/mol. The average molecular weight is 252 g/mol. The van der Waals surface area contributed by atoms with E-state index in [2.05, 4.69) is 31.2 Å². The Morgan fingerprint density at radius 2 is 1.56 bits per heavy atom. The topological polar surface area (TPSA) is 26.3 Å². The molecule has 104 valence electrons. The van der Waals surface area contributed by atoms with Crippen LogP contribution >= 0.6 is 0 Å². The van der Waals surface area contributed by atoms with E-state index in [0.29, 0.717) is 6.61 Å². The van der Waals surface area contributed by atoms with Gasteiger partial charge in [0.15, 0.2) is 0 Å². The van der Waals surface area contributed by atoms with Crippen molar-refractivity contribution in [2.75, 3.05) is 6.61 Å². The number of allylic oxidation sites excluding steroid dienone is 4. The Balaban J connectivity index is 3.13. The van der Waals surface area contributed by atoms with E-state index in [4.69, 9.17) is 4.74 Å². The van der Waals surface area contributed by atoms with Crippen molar-refractivity contribution in [2.45, 2.75) is 65.2 Å². The van der Waals surface area contributed by atoms with Gasteiger partial charge in [0.2, 0.25) is 0 Å². The number of unbranched alkanes of at least 4 members (excludes halogenated alkanes) is 6. The first-order chi connectivity index (χ1) is 8.77. The van der Waals surface area contributed by atoms with Gasteiger partial charge in [0.25, 0.3) is 0 Å². The molecule has 2 nitrogen and oxygen atoms in total. The lowest BCUT2D eigenvalue weighted by Crippen LogP contribution is -1.99. The van der Waals surface area contributed by atoms with E-state index in [0.717, 1.165) is 12.8 Å². The van der Waals surface area contributed by atoms with Crippen LogP contribution in [0.4, 0.5) is 0 Å². The van der Waals surface area contributed by atoms with Crippen LogP contribution in [0, 0.1) is 0 Å². The first-order valence-electron chi connectivity index (χ1n) is 7.22. The van der Waals surface area contributed by atoms with Crippen molar-refractivity contribution in [1.82, 2.24) is 0 Å². The molecule has 0 aliphatic heterocycles. The summed E-state index contributed by atoms with van der Waals surface area (Å²) in [6.07, 6.45) is 18.2. The molecule has 0 aromatic rings. The Hall–Kier alpha value is -1.05. The van der Waals surface area contributed by atoms with Gasteiger partial charge in [0.05, 0.1) is 6.61 Å². The molecule has 0 amide bonds. The third-order valence-corrected chi connectivity index (χ3v) is 2.66. The molecule has 0 aliphatic carbocycles. The molecule has 18 heavy (non-hydrogen) atoms. The lowest BCUT2D eigenvalue weighted by atomic mass is 10.1. The fourth-order valence-electron chi connectivity index (χ4n) is 1.63. The second kappa shape index (κ2) is 14.0. The Kier molecular flexibility index (Phi) is 13.2. The summed E-state index contributed by atoms with van der Waals surface area (Å²) in [6, 6.07) is 0. The number of carbonyl (C=O) groups is 1. The van der Waals surface area contributed by atoms with Gasteiger partial charge >= 0.3 is 5.97 Å². The molecule has 0 atom stereocenters. The minimum absolute atomic E-state index is 0.170. The molecule has 0 heterocycles. The number of rotatable bonds is 11. The van der Waals surface area contributed by atoms with Crippen molar-refractivity contribution < 1.29 is 9.53 Å². The molecule has 0 aromatic heterocycles. The van der Waals surface area contributed by atoms with Gasteiger partial charge in [0, 0.05) is 6.92 Å². The van der Waals surface area contributed by atoms with Crippen molar-refractivity contribution in [3.8, 4) is 0 Å². The van der Waals surface area contributed by atoms with Crippen LogP contribution in [0.25, 0.3) is 0 Å². The number of carbonyl (C=O) groups excluding carboxylic acids is 1. The zero-order valence-corrected chi connectivity index (χ0v) is 12.0. The van der Waals surface area contributed by atoms with Gasteiger partial charge < -0.3 is 4.74 Å². The van der Waals surface area contributed by atoms with Crippen LogP contribution in [-0.2, 0) is 9.53 Å². The van der Waals surface area contributed by atoms with Crippen molar-refractivity contribution in [3.63, 3.8) is 0 Å². The molecule has 0 unspecified atom stereocenters. The van der Waals surface area contributed by atoms with Gasteiger partial charge in [0.1, 0.15) is 0 Å². The van der Waals surface area contributed by atoms with Crippen LogP contribution < -0.4 is 0 Å². The largest absolute Gasteiger partial charge is 0.466 e. The second-order valence-corrected chi connectivity index (χ2v) is 4.54. The highest BCUT2D eigenvalue weighted by Crippen LogP contribution is 2.06. The smallest absolute Gasteiger partial charge is 0.302 e. The summed E-state index contributed by atoms with van der Waals surface area (Å²) in [5.41, 5.74) is 0. The molecule has 0 aromatic carbocycles. The van der Waals surface area contributed by atoms with Gasteiger partial charge in [-0.1, -0.05) is 56.9 Å². The molecule has 0 rings (SSSR count). The lowest BCUT2D eigenvalue weighted by Gasteiger charge is -2.01. The van der Waals surface area contributed by atoms with Gasteiger partial charge in [-0.05, 0) is 25.7 Å². The molecule has 0 bridgehead atoms. The minimum Gasteiger partial charge on any atom is -0.466 e. The van der Waals surface area contributed by atoms with E-state index in [1.54, 1.807) is 0 Å². The number of ether oxygens (including phenoxy) is 1. The quantitative estimate of drug-likeness (QED) is 0.300. The first kappa shape index (κ1) is 16.9. The molecule has 0 radical (unpaired) electrons. The zero-order chi connectivity index (χ0) is 13.5. The number of esters is 1. The van der Waals surface area contributed by atoms with Crippen LogP contribution in [-0.4, -0.2) is 12.6 Å². The summed E-state index contributed by atoms with van der Waals surface area (Å²) in [5, 5.41) is 0. The third-order valence-electron chi connectivity index (χ3n) is 2.66. The fraction of sp³-hybridized carbons (Fsp3) is 0.688. The van der Waals surface area contributed by atoms with Crippen molar-refractivity contribution in [1.29, 1.82) is 0 Å². The molecule has 0 spiro atoms. The van der Waals surface area contributed by atoms with E-state index in [1.807, 2.05) is 0 Å². The van der Waals surface area contributed by atoms with Gasteiger partial charge in [-0.15, -0.1) is 0 Å². The summed E-state index contributed by atoms with van der Waals surface area (Å²) >= 11 is 0. The summed E-state index contributed by atoms with van der Waals surface area (Å²) in [5.74, 6) is -0.170. The Morgan fingerprint density at radius 3 is 2.22 bits per heavy atom. The highest BCUT2D eigenvalue weighted by atomic mass is 16.5. The lowest BCUT2D eigenvalue weighted by molar-refractivity contribution is -0.141. The Morgan fingerprint density at radius 1 is 0.944 bits per heavy atom. The fourth-order valence-corrected chi connectivity index (χ4v) is 1.63. The van der Waals surface area contributed by atoms with Crippen molar-refractivity contribution >= 4 is 5.97 Å². The van der Waals surface area contributed by atoms with E-state index < -0.39 is 0 Å². The zero-order valence-electron chi connectivity index (χ0n) is 12.0. The molecule has 0 aliphatic rings. The number of hydrogen-bond acceptors (Lipinski definition) is 2. The molecule has 0 saturated heterocycles. The summed E-state index contributed by atoms with van der Waals surface area (Å²) in [7, 11) is 0. The maximum atomic E-state index is 10.5. The summed E-state index contributed by atoms with van der Waals surface area (Å²) < 4.78 is 4.88. The second-order valence-electron chi connectivity index (χ2n) is 4.54. The summed E-state index contributed by atoms with van der Waals surface area (Å²) in [4.78, 5) is 10.5. The summed E-state index contributed by atoms with van der Waals surface area (Å²) in [6.45, 7) is 4.23. The predicted molar refractivity (Wildman–Crippen MR) is 77.5 cm³/mol. The van der Waals surface area contributed by atoms with Crippen molar-refractivity contribution in [3.05, 3.63) is 24.3 Å². The highest BCUT2D eigenvalue weighted by Gasteiger charge is 1.93. The van der Waals surface area contributed by atoms with Crippen LogP contribution in [0.2, 0.25) is 0 Å². The average Bonchev–Trinajstić information content (AvgIpc) is 2.34. The predicted octanol–water partition coefficient (Wildman–Crippen LogP) is 4.80. The first-order valence-corrected chi connectivity index (χ1v) is 7.22. The molecule has 0 N–H and O–H groups in total. The Bertz CT molecular complexity index is 241. The van der Waals surface area contributed by atoms with Gasteiger partial charge in [-0.25, -0.2) is 0 Å². The van der Waals surface area contributed by atoms with E-state index >= 15 is 0 Å². The third kappa shape index (κ3) is 14.9. The van der Waals surface area contributed by atoms with Gasteiger partial charge in [-0.2, -0.15) is 0 Å². The van der Waals surface area contributed by atoms with Gasteiger partial charge in [-0.3, -0.25) is 4.79 Å². The van der Waals surface area contributed by atoms with Crippen LogP contribution in [0.3, 0.4) is 0 Å². The monoisotopic (exact) mass is 252 g/mol. The van der Waals surface area contributed by atoms with E-state index in [9.17, 15) is 4.79 Å². The molecule has 2 heteroatoms. The molecular formula is C16H28O2. The van der Waals surface area contributed by atoms with Crippen molar-refractivity contribution in [2.24, 2.45) is 0 Å². The van der Waals surface area contributed by atoms with E-state index in [1.165, 1.54) is 45.4 Å². The maximum Gasteiger partial charge on any atom is 0.302 e. The molecule has 0 fully saturated rings. The van der Waals surface area contributed by atoms with Crippen LogP contribution in [0.5, 0.6) is 0 Å². The van der Waals surface area contributed by atoms with E-state index in [-0.39, 0.29) is 5.97 Å². The maximum absolute atomic E-state index is 10.5. The highest BCUT2D eigenvalue weighted by molar-refractivity contribution is 5.65. The molecule has 0 saturated carbocycles. The standard InChI is InChI=1S/C16H28O2/c1-3-4-5-6-7-8-9-10-11-12-13-14-15-18-16(2)17/h5-8H,3-4,9-15H2,1-2H3/b6-5+,8-7+. The van der Waals surface area contributed by atoms with Crippen LogP contribution in [0.15, 0.2) is 24.3 Å². The number of hydrogen-bond donors (Lipinski definition) is 0. The SMILES string of the molecule is CCC/C=C/C=C/CCCCCCCOC(C)=O.